The molecule has 0 saturated heterocycles. The molecule has 7 heteroatoms. The van der Waals surface area contributed by atoms with E-state index in [9.17, 15) is 18.0 Å². The number of ketones is 1. The zero-order chi connectivity index (χ0) is 12.2. The quantitative estimate of drug-likeness (QED) is 0.748. The minimum atomic E-state index is -4.34. The molecule has 88 valence electrons. The lowest BCUT2D eigenvalue weighted by molar-refractivity contribution is -0.133. The van der Waals surface area contributed by atoms with Crippen LogP contribution >= 0.6 is 0 Å². The highest BCUT2D eigenvalue weighted by atomic mass is 19.4. The Balaban J connectivity index is 2.66. The van der Waals surface area contributed by atoms with E-state index in [0.717, 1.165) is 6.33 Å². The molecule has 1 aromatic heterocycles. The van der Waals surface area contributed by atoms with E-state index >= 15 is 0 Å². The van der Waals surface area contributed by atoms with E-state index in [1.807, 2.05) is 0 Å². The maximum atomic E-state index is 11.9. The van der Waals surface area contributed by atoms with Gasteiger partial charge in [-0.05, 0) is 0 Å². The molecular formula is C9H9F3N2O2. The molecule has 0 fully saturated rings. The van der Waals surface area contributed by atoms with Gasteiger partial charge in [0, 0.05) is 12.5 Å². The molecule has 0 spiro atoms. The summed E-state index contributed by atoms with van der Waals surface area (Å²) >= 11 is 0. The molecule has 0 aliphatic rings. The molecule has 16 heavy (non-hydrogen) atoms. The average Bonchev–Trinajstić information content (AvgIpc) is 2.25. The van der Waals surface area contributed by atoms with Crippen LogP contribution in [0.5, 0.6) is 5.88 Å². The summed E-state index contributed by atoms with van der Waals surface area (Å²) in [4.78, 5) is 18.5. The molecule has 0 aliphatic heterocycles. The predicted molar refractivity (Wildman–Crippen MR) is 48.2 cm³/mol. The molecule has 0 aliphatic carbocycles. The van der Waals surface area contributed by atoms with Gasteiger partial charge in [0.2, 0.25) is 5.88 Å². The number of hydrogen-bond donors (Lipinski definition) is 0. The molecule has 0 bridgehead atoms. The highest BCUT2D eigenvalue weighted by Gasteiger charge is 2.28. The maximum Gasteiger partial charge on any atom is 0.389 e. The maximum absolute atomic E-state index is 11.9. The van der Waals surface area contributed by atoms with E-state index in [0.29, 0.717) is 0 Å². The average molecular weight is 234 g/mol. The van der Waals surface area contributed by atoms with Gasteiger partial charge in [0.1, 0.15) is 12.0 Å². The number of carbonyl (C=O) groups is 1. The van der Waals surface area contributed by atoms with Gasteiger partial charge in [0.15, 0.2) is 5.78 Å². The van der Waals surface area contributed by atoms with Gasteiger partial charge in [0.05, 0.1) is 13.5 Å². The topological polar surface area (TPSA) is 52.1 Å². The Morgan fingerprint density at radius 1 is 1.44 bits per heavy atom. The molecule has 0 radical (unpaired) electrons. The number of methoxy groups -OCH3 is 1. The fraction of sp³-hybridized carbons (Fsp3) is 0.444. The molecule has 0 N–H and O–H groups in total. The number of ether oxygens (including phenoxy) is 1. The number of alkyl halides is 3. The number of hydrogen-bond acceptors (Lipinski definition) is 4. The number of rotatable bonds is 4. The van der Waals surface area contributed by atoms with E-state index in [-0.39, 0.29) is 11.6 Å². The number of carbonyl (C=O) groups excluding carboxylic acids is 1. The lowest BCUT2D eigenvalue weighted by Gasteiger charge is -2.05. The number of halogens is 3. The van der Waals surface area contributed by atoms with E-state index in [4.69, 9.17) is 4.74 Å². The van der Waals surface area contributed by atoms with Crippen LogP contribution in [0.25, 0.3) is 0 Å². The Morgan fingerprint density at radius 2 is 2.12 bits per heavy atom. The first-order valence-corrected chi connectivity index (χ1v) is 4.38. The summed E-state index contributed by atoms with van der Waals surface area (Å²) in [6.07, 6.45) is -5.05. The van der Waals surface area contributed by atoms with Crippen molar-refractivity contribution in [2.24, 2.45) is 0 Å². The second kappa shape index (κ2) is 4.91. The van der Waals surface area contributed by atoms with E-state index in [1.165, 1.54) is 13.2 Å². The summed E-state index contributed by atoms with van der Waals surface area (Å²) < 4.78 is 40.3. The third-order valence-electron chi connectivity index (χ3n) is 1.77. The van der Waals surface area contributed by atoms with Gasteiger partial charge in [-0.15, -0.1) is 0 Å². The lowest BCUT2D eigenvalue weighted by Crippen LogP contribution is -2.12. The molecule has 1 heterocycles. The van der Waals surface area contributed by atoms with Gasteiger partial charge < -0.3 is 4.74 Å². The van der Waals surface area contributed by atoms with Crippen LogP contribution in [-0.2, 0) is 0 Å². The van der Waals surface area contributed by atoms with Crippen molar-refractivity contribution in [3.05, 3.63) is 18.1 Å². The molecule has 0 aromatic carbocycles. The van der Waals surface area contributed by atoms with Crippen molar-refractivity contribution in [3.8, 4) is 5.88 Å². The minimum Gasteiger partial charge on any atom is -0.481 e. The smallest absolute Gasteiger partial charge is 0.389 e. The molecule has 0 saturated carbocycles. The van der Waals surface area contributed by atoms with Crippen LogP contribution < -0.4 is 4.74 Å². The number of aromatic nitrogens is 2. The van der Waals surface area contributed by atoms with Crippen molar-refractivity contribution < 1.29 is 22.7 Å². The Hall–Kier alpha value is -1.66. The fourth-order valence-electron chi connectivity index (χ4n) is 0.987. The van der Waals surface area contributed by atoms with Crippen molar-refractivity contribution in [1.82, 2.24) is 9.97 Å². The van der Waals surface area contributed by atoms with Crippen LogP contribution in [0.1, 0.15) is 23.3 Å². The lowest BCUT2D eigenvalue weighted by atomic mass is 10.1. The van der Waals surface area contributed by atoms with Gasteiger partial charge in [0.25, 0.3) is 0 Å². The first kappa shape index (κ1) is 12.4. The van der Waals surface area contributed by atoms with Gasteiger partial charge in [-0.3, -0.25) is 4.79 Å². The van der Waals surface area contributed by atoms with E-state index in [2.05, 4.69) is 9.97 Å². The third-order valence-corrected chi connectivity index (χ3v) is 1.77. The van der Waals surface area contributed by atoms with Crippen molar-refractivity contribution in [2.45, 2.75) is 19.0 Å². The molecule has 4 nitrogen and oxygen atoms in total. The van der Waals surface area contributed by atoms with E-state index < -0.39 is 24.8 Å². The largest absolute Gasteiger partial charge is 0.481 e. The Bertz CT molecular complexity index is 379. The van der Waals surface area contributed by atoms with Crippen LogP contribution in [0.2, 0.25) is 0 Å². The second-order valence-electron chi connectivity index (χ2n) is 2.98. The molecule has 0 unspecified atom stereocenters. The molecular weight excluding hydrogens is 225 g/mol. The molecule has 0 amide bonds. The highest BCUT2D eigenvalue weighted by Crippen LogP contribution is 2.22. The van der Waals surface area contributed by atoms with Crippen molar-refractivity contribution in [3.63, 3.8) is 0 Å². The van der Waals surface area contributed by atoms with Crippen LogP contribution in [0.3, 0.4) is 0 Å². The van der Waals surface area contributed by atoms with Gasteiger partial charge >= 0.3 is 6.18 Å². The van der Waals surface area contributed by atoms with Gasteiger partial charge in [-0.1, -0.05) is 0 Å². The van der Waals surface area contributed by atoms with Crippen molar-refractivity contribution >= 4 is 5.78 Å². The summed E-state index contributed by atoms with van der Waals surface area (Å²) in [5, 5.41) is 0. The highest BCUT2D eigenvalue weighted by molar-refractivity contribution is 5.94. The van der Waals surface area contributed by atoms with Crippen molar-refractivity contribution in [1.29, 1.82) is 0 Å². The Kier molecular flexibility index (Phi) is 3.81. The van der Waals surface area contributed by atoms with Crippen molar-refractivity contribution in [2.75, 3.05) is 7.11 Å². The Labute approximate surface area is 89.5 Å². The predicted octanol–water partition coefficient (Wildman–Crippen LogP) is 2.01. The normalized spacial score (nSPS) is 11.2. The first-order chi connectivity index (χ1) is 7.42. The Morgan fingerprint density at radius 3 is 2.69 bits per heavy atom. The zero-order valence-corrected chi connectivity index (χ0v) is 8.41. The van der Waals surface area contributed by atoms with Crippen LogP contribution in [0.15, 0.2) is 12.4 Å². The standard InChI is InChI=1S/C9H9F3N2O2/c1-16-8-4-6(13-5-14-8)7(15)2-3-9(10,11)12/h4-5H,2-3H2,1H3. The van der Waals surface area contributed by atoms with Gasteiger partial charge in [-0.2, -0.15) is 13.2 Å². The summed E-state index contributed by atoms with van der Waals surface area (Å²) in [5.41, 5.74) is -0.0731. The fourth-order valence-corrected chi connectivity index (χ4v) is 0.987. The van der Waals surface area contributed by atoms with Gasteiger partial charge in [-0.25, -0.2) is 9.97 Å². The van der Waals surface area contributed by atoms with Crippen LogP contribution in [0, 0.1) is 0 Å². The monoisotopic (exact) mass is 234 g/mol. The van der Waals surface area contributed by atoms with Crippen LogP contribution in [-0.4, -0.2) is 29.0 Å². The van der Waals surface area contributed by atoms with E-state index in [1.54, 1.807) is 0 Å². The minimum absolute atomic E-state index is 0.0731. The summed E-state index contributed by atoms with van der Waals surface area (Å²) in [7, 11) is 1.34. The zero-order valence-electron chi connectivity index (χ0n) is 8.41. The first-order valence-electron chi connectivity index (χ1n) is 4.38. The number of nitrogens with zero attached hydrogens (tertiary/aromatic N) is 2. The summed E-state index contributed by atoms with van der Waals surface area (Å²) in [5.74, 6) is -0.539. The summed E-state index contributed by atoms with van der Waals surface area (Å²) in [6.45, 7) is 0. The number of Topliss-reactive ketones (excluding diaryl/α,β-unsaturated/α-hetero) is 1. The molecule has 1 rings (SSSR count). The second-order valence-corrected chi connectivity index (χ2v) is 2.98. The third kappa shape index (κ3) is 3.84. The molecule has 1 aromatic rings. The SMILES string of the molecule is COc1cc(C(=O)CCC(F)(F)F)ncn1. The summed E-state index contributed by atoms with van der Waals surface area (Å²) in [6, 6.07) is 1.21. The molecule has 0 atom stereocenters. The van der Waals surface area contributed by atoms with Crippen LogP contribution in [0.4, 0.5) is 13.2 Å².